The lowest BCUT2D eigenvalue weighted by Crippen LogP contribution is -2.36. The van der Waals surface area contributed by atoms with Crippen molar-refractivity contribution in [2.45, 2.75) is 70.8 Å². The van der Waals surface area contributed by atoms with Gasteiger partial charge in [-0.25, -0.2) is 4.98 Å². The van der Waals surface area contributed by atoms with Gasteiger partial charge < -0.3 is 15.2 Å². The van der Waals surface area contributed by atoms with Gasteiger partial charge in [-0.05, 0) is 73.6 Å². The third kappa shape index (κ3) is 5.44. The van der Waals surface area contributed by atoms with Crippen LogP contribution in [0.5, 0.6) is 0 Å². The number of likely N-dealkylation sites (tertiary alicyclic amines) is 1. The average Bonchev–Trinajstić information content (AvgIpc) is 3.22. The summed E-state index contributed by atoms with van der Waals surface area (Å²) >= 11 is 3.41. The lowest BCUT2D eigenvalue weighted by Gasteiger charge is -2.30. The van der Waals surface area contributed by atoms with Gasteiger partial charge in [0.2, 0.25) is 5.91 Å². The van der Waals surface area contributed by atoms with Crippen molar-refractivity contribution in [1.82, 2.24) is 20.2 Å². The number of Topliss-reactive ketones (excluding diaryl/α,β-unsaturated/α-hetero) is 1. The van der Waals surface area contributed by atoms with Crippen LogP contribution < -0.4 is 5.32 Å². The van der Waals surface area contributed by atoms with E-state index in [1.54, 1.807) is 6.20 Å². The fourth-order valence-electron chi connectivity index (χ4n) is 4.40. The van der Waals surface area contributed by atoms with Gasteiger partial charge >= 0.3 is 0 Å². The molecule has 2 aliphatic rings. The van der Waals surface area contributed by atoms with Crippen molar-refractivity contribution in [2.75, 3.05) is 20.1 Å². The molecule has 0 bridgehead atoms. The molecule has 1 aliphatic heterocycles. The van der Waals surface area contributed by atoms with Gasteiger partial charge in [0.15, 0.2) is 0 Å². The molecule has 3 rings (SSSR count). The topological polar surface area (TPSA) is 78.1 Å². The number of H-pyrrole nitrogens is 1. The number of rotatable bonds is 10. The highest BCUT2D eigenvalue weighted by Crippen LogP contribution is 2.59. The molecule has 1 aromatic heterocycles. The van der Waals surface area contributed by atoms with Crippen molar-refractivity contribution in [3.05, 3.63) is 16.6 Å². The number of piperidine rings is 1. The molecule has 1 aromatic rings. The second-order valence-electron chi connectivity index (χ2n) is 8.59. The van der Waals surface area contributed by atoms with Crippen molar-refractivity contribution < 1.29 is 9.59 Å². The van der Waals surface area contributed by atoms with Gasteiger partial charge in [0, 0.05) is 18.8 Å². The van der Waals surface area contributed by atoms with Crippen LogP contribution in [-0.2, 0) is 9.59 Å². The molecule has 156 valence electrons. The van der Waals surface area contributed by atoms with Crippen molar-refractivity contribution >= 4 is 27.6 Å². The molecule has 1 saturated carbocycles. The van der Waals surface area contributed by atoms with Crippen molar-refractivity contribution in [2.24, 2.45) is 11.3 Å². The summed E-state index contributed by atoms with van der Waals surface area (Å²) < 4.78 is 0.827. The van der Waals surface area contributed by atoms with Gasteiger partial charge in [0.1, 0.15) is 16.2 Å². The lowest BCUT2D eigenvalue weighted by atomic mass is 9.91. The smallest absolute Gasteiger partial charge is 0.224 e. The number of halogens is 1. The minimum Gasteiger partial charge on any atom is -0.346 e. The Bertz CT molecular complexity index is 682. The second-order valence-corrected chi connectivity index (χ2v) is 9.45. The summed E-state index contributed by atoms with van der Waals surface area (Å²) in [6.07, 6.45) is 10.1. The highest BCUT2D eigenvalue weighted by Gasteiger charge is 2.58. The zero-order chi connectivity index (χ0) is 20.1. The summed E-state index contributed by atoms with van der Waals surface area (Å²) in [7, 11) is 2.16. The van der Waals surface area contributed by atoms with Crippen LogP contribution in [0.3, 0.4) is 0 Å². The minimum atomic E-state index is -0.0930. The van der Waals surface area contributed by atoms with E-state index in [1.165, 1.54) is 0 Å². The predicted molar refractivity (Wildman–Crippen MR) is 113 cm³/mol. The number of amides is 1. The Morgan fingerprint density at radius 2 is 2.11 bits per heavy atom. The Balaban J connectivity index is 1.51. The third-order valence-corrected chi connectivity index (χ3v) is 6.95. The van der Waals surface area contributed by atoms with Gasteiger partial charge in [-0.1, -0.05) is 19.8 Å². The normalized spacial score (nSPS) is 22.2. The Hall–Kier alpha value is -1.21. The zero-order valence-corrected chi connectivity index (χ0v) is 18.7. The molecule has 1 saturated heterocycles. The number of unbranched alkanes of at least 4 members (excludes halogenated alkanes) is 2. The van der Waals surface area contributed by atoms with Crippen LogP contribution in [0, 0.1) is 11.3 Å². The molecule has 2 N–H and O–H groups in total. The monoisotopic (exact) mass is 452 g/mol. The van der Waals surface area contributed by atoms with Crippen LogP contribution in [0.4, 0.5) is 0 Å². The van der Waals surface area contributed by atoms with E-state index in [2.05, 4.69) is 43.2 Å². The van der Waals surface area contributed by atoms with Gasteiger partial charge in [0.25, 0.3) is 0 Å². The fraction of sp³-hybridized carbons (Fsp3) is 0.762. The standard InChI is InChI=1S/C21H33BrN4O2/c1-3-15(27)7-5-4-6-8-17(19-23-14-18(22)25-19)24-20(28)16-13-21(16)9-11-26(2)12-10-21/h14,16-17H,3-13H2,1-2H3,(H,23,25)(H,24,28)/t16-,17+/m1/s1. The van der Waals surface area contributed by atoms with E-state index >= 15 is 0 Å². The Morgan fingerprint density at radius 3 is 2.75 bits per heavy atom. The van der Waals surface area contributed by atoms with Gasteiger partial charge in [-0.2, -0.15) is 0 Å². The molecule has 1 aliphatic carbocycles. The van der Waals surface area contributed by atoms with E-state index in [1.807, 2.05) is 6.92 Å². The average molecular weight is 453 g/mol. The molecular weight excluding hydrogens is 420 g/mol. The van der Waals surface area contributed by atoms with Crippen LogP contribution in [-0.4, -0.2) is 46.7 Å². The Morgan fingerprint density at radius 1 is 1.36 bits per heavy atom. The summed E-state index contributed by atoms with van der Waals surface area (Å²) in [5, 5.41) is 3.27. The van der Waals surface area contributed by atoms with E-state index in [9.17, 15) is 9.59 Å². The molecule has 1 amide bonds. The van der Waals surface area contributed by atoms with Gasteiger partial charge in [-0.3, -0.25) is 9.59 Å². The molecule has 0 radical (unpaired) electrons. The number of nitrogens with one attached hydrogen (secondary N) is 2. The summed E-state index contributed by atoms with van der Waals surface area (Å²) in [5.74, 6) is 1.48. The van der Waals surface area contributed by atoms with Crippen LogP contribution in [0.15, 0.2) is 10.8 Å². The summed E-state index contributed by atoms with van der Waals surface area (Å²) in [4.78, 5) is 34.4. The lowest BCUT2D eigenvalue weighted by molar-refractivity contribution is -0.124. The molecule has 6 nitrogen and oxygen atoms in total. The third-order valence-electron chi connectivity index (χ3n) is 6.54. The van der Waals surface area contributed by atoms with E-state index < -0.39 is 0 Å². The summed E-state index contributed by atoms with van der Waals surface area (Å²) in [6, 6.07) is -0.0930. The van der Waals surface area contributed by atoms with E-state index in [0.717, 1.165) is 68.5 Å². The highest BCUT2D eigenvalue weighted by molar-refractivity contribution is 9.10. The molecule has 0 unspecified atom stereocenters. The molecule has 7 heteroatoms. The first kappa shape index (κ1) is 21.5. The number of hydrogen-bond donors (Lipinski definition) is 2. The maximum Gasteiger partial charge on any atom is 0.224 e. The fourth-order valence-corrected chi connectivity index (χ4v) is 4.70. The summed E-state index contributed by atoms with van der Waals surface area (Å²) in [6.45, 7) is 4.10. The quantitative estimate of drug-likeness (QED) is 0.525. The number of ketones is 1. The van der Waals surface area contributed by atoms with Crippen molar-refractivity contribution in [3.8, 4) is 0 Å². The second kappa shape index (κ2) is 9.53. The van der Waals surface area contributed by atoms with Gasteiger partial charge in [0.05, 0.1) is 12.2 Å². The number of imidazole rings is 1. The van der Waals surface area contributed by atoms with Crippen LogP contribution in [0.25, 0.3) is 0 Å². The number of carbonyl (C=O) groups excluding carboxylic acids is 2. The Labute approximate surface area is 176 Å². The molecule has 1 spiro atoms. The van der Waals surface area contributed by atoms with Crippen molar-refractivity contribution in [1.29, 1.82) is 0 Å². The Kier molecular flexibility index (Phi) is 7.31. The maximum absolute atomic E-state index is 12.9. The number of aromatic amines is 1. The molecule has 28 heavy (non-hydrogen) atoms. The summed E-state index contributed by atoms with van der Waals surface area (Å²) in [5.41, 5.74) is 0.241. The van der Waals surface area contributed by atoms with E-state index in [-0.39, 0.29) is 23.3 Å². The largest absolute Gasteiger partial charge is 0.346 e. The number of nitrogens with zero attached hydrogens (tertiary/aromatic N) is 2. The maximum atomic E-state index is 12.9. The highest BCUT2D eigenvalue weighted by atomic mass is 79.9. The zero-order valence-electron chi connectivity index (χ0n) is 17.1. The molecule has 2 fully saturated rings. The number of aromatic nitrogens is 2. The number of carbonyl (C=O) groups is 2. The van der Waals surface area contributed by atoms with Gasteiger partial charge in [-0.15, -0.1) is 0 Å². The molecular formula is C21H33BrN4O2. The molecule has 2 atom stereocenters. The minimum absolute atomic E-state index is 0.0930. The van der Waals surface area contributed by atoms with E-state index in [0.29, 0.717) is 18.6 Å². The van der Waals surface area contributed by atoms with E-state index in [4.69, 9.17) is 0 Å². The van der Waals surface area contributed by atoms with Crippen molar-refractivity contribution in [3.63, 3.8) is 0 Å². The first-order chi connectivity index (χ1) is 13.4. The van der Waals surface area contributed by atoms with Crippen LogP contribution >= 0.6 is 15.9 Å². The first-order valence-corrected chi connectivity index (χ1v) is 11.4. The van der Waals surface area contributed by atoms with Crippen LogP contribution in [0.2, 0.25) is 0 Å². The SMILES string of the molecule is CCC(=O)CCCCC[C@H](NC(=O)[C@H]1CC12CCN(C)CC2)c1ncc(Br)[nH]1. The molecule has 2 heterocycles. The predicted octanol–water partition coefficient (Wildman–Crippen LogP) is 3.99. The number of hydrogen-bond acceptors (Lipinski definition) is 4. The van der Waals surface area contributed by atoms with Crippen LogP contribution in [0.1, 0.15) is 76.6 Å². The molecule has 0 aromatic carbocycles. The first-order valence-electron chi connectivity index (χ1n) is 10.6.